The van der Waals surface area contributed by atoms with Crippen LogP contribution < -0.4 is 14.8 Å². The number of aliphatic hydroxyl groups excluding tert-OH is 1. The lowest BCUT2D eigenvalue weighted by Crippen LogP contribution is -2.27. The van der Waals surface area contributed by atoms with Crippen molar-refractivity contribution in [3.05, 3.63) is 22.2 Å². The van der Waals surface area contributed by atoms with Gasteiger partial charge in [0.25, 0.3) is 0 Å². The van der Waals surface area contributed by atoms with Crippen LogP contribution in [0.5, 0.6) is 11.5 Å². The lowest BCUT2D eigenvalue weighted by Gasteiger charge is -2.25. The molecule has 0 amide bonds. The van der Waals surface area contributed by atoms with Crippen molar-refractivity contribution < 1.29 is 14.6 Å². The third kappa shape index (κ3) is 3.27. The average molecular weight is 342 g/mol. The Balaban J connectivity index is 1.51. The maximum atomic E-state index is 9.50. The third-order valence-corrected chi connectivity index (χ3v) is 4.84. The van der Waals surface area contributed by atoms with Gasteiger partial charge in [-0.15, -0.1) is 0 Å². The Labute approximate surface area is 127 Å². The molecule has 1 aromatic carbocycles. The lowest BCUT2D eigenvalue weighted by atomic mass is 9.87. The first-order valence-corrected chi connectivity index (χ1v) is 7.98. The molecule has 0 saturated heterocycles. The van der Waals surface area contributed by atoms with Gasteiger partial charge in [-0.3, -0.25) is 0 Å². The van der Waals surface area contributed by atoms with Crippen LogP contribution in [-0.2, 0) is 6.54 Å². The normalized spacial score (nSPS) is 24.9. The molecule has 0 spiro atoms. The lowest BCUT2D eigenvalue weighted by molar-refractivity contribution is 0.108. The highest BCUT2D eigenvalue weighted by Gasteiger charge is 2.19. The van der Waals surface area contributed by atoms with E-state index in [1.807, 2.05) is 12.1 Å². The van der Waals surface area contributed by atoms with E-state index in [-0.39, 0.29) is 6.10 Å². The first kappa shape index (κ1) is 14.2. The molecule has 1 fully saturated rings. The molecule has 5 heteroatoms. The Morgan fingerprint density at radius 1 is 1.15 bits per heavy atom. The molecule has 1 aromatic rings. The smallest absolute Gasteiger partial charge is 0.231 e. The monoisotopic (exact) mass is 341 g/mol. The summed E-state index contributed by atoms with van der Waals surface area (Å²) in [4.78, 5) is 0. The molecule has 0 aromatic heterocycles. The largest absolute Gasteiger partial charge is 0.454 e. The van der Waals surface area contributed by atoms with Crippen LogP contribution in [0.25, 0.3) is 0 Å². The summed E-state index contributed by atoms with van der Waals surface area (Å²) < 4.78 is 11.8. The second-order valence-corrected chi connectivity index (χ2v) is 6.46. The van der Waals surface area contributed by atoms with Crippen molar-refractivity contribution in [2.24, 2.45) is 5.92 Å². The first-order valence-electron chi connectivity index (χ1n) is 7.19. The van der Waals surface area contributed by atoms with Crippen molar-refractivity contribution in [2.45, 2.75) is 38.3 Å². The van der Waals surface area contributed by atoms with Crippen molar-refractivity contribution >= 4 is 15.9 Å². The average Bonchev–Trinajstić information content (AvgIpc) is 2.88. The van der Waals surface area contributed by atoms with Gasteiger partial charge in [-0.1, -0.05) is 15.9 Å². The van der Waals surface area contributed by atoms with Gasteiger partial charge in [0.15, 0.2) is 11.5 Å². The van der Waals surface area contributed by atoms with Crippen molar-refractivity contribution in [2.75, 3.05) is 13.3 Å². The predicted octanol–water partition coefficient (Wildman–Crippen LogP) is 2.82. The van der Waals surface area contributed by atoms with Gasteiger partial charge >= 0.3 is 0 Å². The number of ether oxygens (including phenoxy) is 2. The van der Waals surface area contributed by atoms with Gasteiger partial charge in [0.2, 0.25) is 6.79 Å². The Kier molecular flexibility index (Phi) is 4.48. The number of benzene rings is 1. The van der Waals surface area contributed by atoms with Crippen molar-refractivity contribution in [1.82, 2.24) is 5.32 Å². The molecular weight excluding hydrogens is 322 g/mol. The summed E-state index contributed by atoms with van der Waals surface area (Å²) in [6, 6.07) is 4.00. The molecule has 20 heavy (non-hydrogen) atoms. The Morgan fingerprint density at radius 3 is 2.60 bits per heavy atom. The number of rotatable bonds is 4. The van der Waals surface area contributed by atoms with Crippen molar-refractivity contribution in [3.63, 3.8) is 0 Å². The fourth-order valence-electron chi connectivity index (χ4n) is 2.85. The Bertz CT molecular complexity index is 472. The van der Waals surface area contributed by atoms with Crippen LogP contribution in [0.15, 0.2) is 16.6 Å². The molecule has 3 rings (SSSR count). The van der Waals surface area contributed by atoms with E-state index >= 15 is 0 Å². The number of halogens is 1. The highest BCUT2D eigenvalue weighted by atomic mass is 79.9. The summed E-state index contributed by atoms with van der Waals surface area (Å²) in [6.07, 6.45) is 4.06. The zero-order valence-corrected chi connectivity index (χ0v) is 13.0. The molecule has 0 atom stereocenters. The van der Waals surface area contributed by atoms with Gasteiger partial charge in [0.05, 0.1) is 6.10 Å². The van der Waals surface area contributed by atoms with Gasteiger partial charge in [-0.25, -0.2) is 0 Å². The molecular formula is C15H20BrNO3. The predicted molar refractivity (Wildman–Crippen MR) is 79.9 cm³/mol. The Morgan fingerprint density at radius 2 is 1.85 bits per heavy atom. The highest BCUT2D eigenvalue weighted by Crippen LogP contribution is 2.36. The summed E-state index contributed by atoms with van der Waals surface area (Å²) in [5.41, 5.74) is 1.19. The summed E-state index contributed by atoms with van der Waals surface area (Å²) in [5.74, 6) is 2.32. The van der Waals surface area contributed by atoms with Crippen molar-refractivity contribution in [3.8, 4) is 11.5 Å². The molecule has 1 aliphatic heterocycles. The van der Waals surface area contributed by atoms with E-state index in [2.05, 4.69) is 21.2 Å². The van der Waals surface area contributed by atoms with E-state index in [9.17, 15) is 5.11 Å². The van der Waals surface area contributed by atoms with Gasteiger partial charge in [0.1, 0.15) is 0 Å². The van der Waals surface area contributed by atoms with E-state index < -0.39 is 0 Å². The van der Waals surface area contributed by atoms with Gasteiger partial charge < -0.3 is 19.9 Å². The van der Waals surface area contributed by atoms with Gasteiger partial charge in [-0.2, -0.15) is 0 Å². The van der Waals surface area contributed by atoms with E-state index in [0.717, 1.165) is 54.7 Å². The Hall–Kier alpha value is -0.780. The molecule has 2 N–H and O–H groups in total. The summed E-state index contributed by atoms with van der Waals surface area (Å²) in [6.45, 7) is 2.13. The molecule has 2 aliphatic rings. The summed E-state index contributed by atoms with van der Waals surface area (Å²) in [5, 5.41) is 13.0. The highest BCUT2D eigenvalue weighted by molar-refractivity contribution is 9.10. The van der Waals surface area contributed by atoms with Crippen LogP contribution in [-0.4, -0.2) is 24.5 Å². The van der Waals surface area contributed by atoms with E-state index in [1.54, 1.807) is 0 Å². The zero-order chi connectivity index (χ0) is 13.9. The number of nitrogens with one attached hydrogen (secondary N) is 1. The first-order chi connectivity index (χ1) is 9.72. The topological polar surface area (TPSA) is 50.7 Å². The minimum Gasteiger partial charge on any atom is -0.454 e. The molecule has 110 valence electrons. The maximum absolute atomic E-state index is 9.50. The van der Waals surface area contributed by atoms with E-state index in [4.69, 9.17) is 9.47 Å². The van der Waals surface area contributed by atoms with Gasteiger partial charge in [-0.05, 0) is 55.8 Å². The van der Waals surface area contributed by atoms with Crippen LogP contribution in [0.2, 0.25) is 0 Å². The van der Waals surface area contributed by atoms with Crippen LogP contribution >= 0.6 is 15.9 Å². The SMILES string of the molecule is OC1CCC(CNCc2cc3c(cc2Br)OCO3)CC1. The number of hydrogen-bond donors (Lipinski definition) is 2. The number of aliphatic hydroxyl groups is 1. The minimum atomic E-state index is -0.0748. The van der Waals surface area contributed by atoms with Crippen LogP contribution in [0, 0.1) is 5.92 Å². The second-order valence-electron chi connectivity index (χ2n) is 5.60. The zero-order valence-electron chi connectivity index (χ0n) is 11.4. The fourth-order valence-corrected chi connectivity index (χ4v) is 3.32. The molecule has 4 nitrogen and oxygen atoms in total. The quantitative estimate of drug-likeness (QED) is 0.884. The van der Waals surface area contributed by atoms with Crippen molar-refractivity contribution in [1.29, 1.82) is 0 Å². The molecule has 0 bridgehead atoms. The standard InChI is InChI=1S/C15H20BrNO3/c16-13-6-15-14(19-9-20-15)5-11(13)8-17-7-10-1-3-12(18)4-2-10/h5-6,10,12,17-18H,1-4,7-9H2. The third-order valence-electron chi connectivity index (χ3n) is 4.11. The molecule has 1 heterocycles. The molecule has 1 saturated carbocycles. The molecule has 0 radical (unpaired) electrons. The second kappa shape index (κ2) is 6.33. The molecule has 0 unspecified atom stereocenters. The van der Waals surface area contributed by atoms with Gasteiger partial charge in [0, 0.05) is 11.0 Å². The van der Waals surface area contributed by atoms with E-state index in [1.165, 1.54) is 5.56 Å². The maximum Gasteiger partial charge on any atom is 0.231 e. The van der Waals surface area contributed by atoms with Crippen LogP contribution in [0.3, 0.4) is 0 Å². The van der Waals surface area contributed by atoms with Crippen LogP contribution in [0.4, 0.5) is 0 Å². The minimum absolute atomic E-state index is 0.0748. The summed E-state index contributed by atoms with van der Waals surface area (Å²) in [7, 11) is 0. The van der Waals surface area contributed by atoms with Crippen LogP contribution in [0.1, 0.15) is 31.2 Å². The fraction of sp³-hybridized carbons (Fsp3) is 0.600. The number of fused-ring (bicyclic) bond motifs is 1. The summed E-state index contributed by atoms with van der Waals surface area (Å²) >= 11 is 3.58. The van der Waals surface area contributed by atoms with E-state index in [0.29, 0.717) is 12.7 Å². The molecule has 1 aliphatic carbocycles. The number of hydrogen-bond acceptors (Lipinski definition) is 4.